The molecule has 4 heteroatoms. The standard InChI is InChI=1S/C12H11N3O/c1-2-6-14-12(16)11-4-3-9-8-13-7-5-10(9)15-11/h2-5,7-8H,1,6H2,(H,14,16). The molecule has 0 fully saturated rings. The molecule has 16 heavy (non-hydrogen) atoms. The zero-order chi connectivity index (χ0) is 11.4. The number of nitrogens with one attached hydrogen (secondary N) is 1. The van der Waals surface area contributed by atoms with Crippen molar-refractivity contribution in [1.29, 1.82) is 0 Å². The number of pyridine rings is 2. The summed E-state index contributed by atoms with van der Waals surface area (Å²) in [6, 6.07) is 5.29. The topological polar surface area (TPSA) is 54.9 Å². The Hall–Kier alpha value is -2.23. The molecule has 2 aromatic heterocycles. The lowest BCUT2D eigenvalue weighted by Gasteiger charge is -2.02. The number of nitrogens with zero attached hydrogens (tertiary/aromatic N) is 2. The van der Waals surface area contributed by atoms with Crippen molar-refractivity contribution >= 4 is 16.8 Å². The van der Waals surface area contributed by atoms with Gasteiger partial charge in [-0.05, 0) is 18.2 Å². The summed E-state index contributed by atoms with van der Waals surface area (Å²) in [5.74, 6) is -0.196. The Balaban J connectivity index is 2.32. The van der Waals surface area contributed by atoms with Crippen LogP contribution in [0.4, 0.5) is 0 Å². The SMILES string of the molecule is C=CCNC(=O)c1ccc2cnccc2n1. The summed E-state index contributed by atoms with van der Waals surface area (Å²) < 4.78 is 0. The van der Waals surface area contributed by atoms with Crippen molar-refractivity contribution in [1.82, 2.24) is 15.3 Å². The lowest BCUT2D eigenvalue weighted by Crippen LogP contribution is -2.24. The van der Waals surface area contributed by atoms with E-state index in [-0.39, 0.29) is 5.91 Å². The van der Waals surface area contributed by atoms with Crippen LogP contribution >= 0.6 is 0 Å². The Labute approximate surface area is 93.0 Å². The van der Waals surface area contributed by atoms with E-state index in [1.54, 1.807) is 30.6 Å². The van der Waals surface area contributed by atoms with Crippen LogP contribution in [0, 0.1) is 0 Å². The van der Waals surface area contributed by atoms with Crippen LogP contribution in [0.2, 0.25) is 0 Å². The number of carbonyl (C=O) groups excluding carboxylic acids is 1. The highest BCUT2D eigenvalue weighted by atomic mass is 16.1. The second kappa shape index (κ2) is 4.53. The Bertz CT molecular complexity index is 537. The first-order chi connectivity index (χ1) is 7.81. The Morgan fingerprint density at radius 3 is 3.12 bits per heavy atom. The molecule has 2 aromatic rings. The number of fused-ring (bicyclic) bond motifs is 1. The molecule has 1 amide bonds. The Morgan fingerprint density at radius 1 is 1.44 bits per heavy atom. The molecule has 0 spiro atoms. The van der Waals surface area contributed by atoms with Crippen LogP contribution in [0.1, 0.15) is 10.5 Å². The average molecular weight is 213 g/mol. The summed E-state index contributed by atoms with van der Waals surface area (Å²) >= 11 is 0. The van der Waals surface area contributed by atoms with Crippen molar-refractivity contribution in [3.8, 4) is 0 Å². The van der Waals surface area contributed by atoms with Gasteiger partial charge in [-0.25, -0.2) is 4.98 Å². The quantitative estimate of drug-likeness (QED) is 0.787. The lowest BCUT2D eigenvalue weighted by molar-refractivity contribution is 0.0953. The molecule has 0 aliphatic rings. The summed E-state index contributed by atoms with van der Waals surface area (Å²) in [5.41, 5.74) is 1.17. The smallest absolute Gasteiger partial charge is 0.270 e. The molecule has 2 heterocycles. The van der Waals surface area contributed by atoms with E-state index < -0.39 is 0 Å². The number of carbonyl (C=O) groups is 1. The van der Waals surface area contributed by atoms with Crippen molar-refractivity contribution in [2.75, 3.05) is 6.54 Å². The van der Waals surface area contributed by atoms with E-state index in [0.717, 1.165) is 10.9 Å². The predicted molar refractivity (Wildman–Crippen MR) is 62.1 cm³/mol. The molecular formula is C12H11N3O. The van der Waals surface area contributed by atoms with Crippen molar-refractivity contribution in [3.05, 3.63) is 48.9 Å². The van der Waals surface area contributed by atoms with E-state index in [9.17, 15) is 4.79 Å². The maximum atomic E-state index is 11.6. The van der Waals surface area contributed by atoms with Crippen LogP contribution in [0.25, 0.3) is 10.9 Å². The fourth-order valence-corrected chi connectivity index (χ4v) is 1.35. The lowest BCUT2D eigenvalue weighted by atomic mass is 10.2. The highest BCUT2D eigenvalue weighted by Crippen LogP contribution is 2.10. The minimum Gasteiger partial charge on any atom is -0.347 e. The first-order valence-corrected chi connectivity index (χ1v) is 4.91. The molecule has 2 rings (SSSR count). The van der Waals surface area contributed by atoms with Gasteiger partial charge >= 0.3 is 0 Å². The van der Waals surface area contributed by atoms with Gasteiger partial charge in [0.25, 0.3) is 5.91 Å². The number of hydrogen-bond acceptors (Lipinski definition) is 3. The van der Waals surface area contributed by atoms with E-state index in [0.29, 0.717) is 12.2 Å². The second-order valence-electron chi connectivity index (χ2n) is 3.26. The van der Waals surface area contributed by atoms with Crippen LogP contribution in [0.5, 0.6) is 0 Å². The van der Waals surface area contributed by atoms with Gasteiger partial charge in [-0.3, -0.25) is 9.78 Å². The minimum absolute atomic E-state index is 0.196. The van der Waals surface area contributed by atoms with Crippen LogP contribution in [-0.4, -0.2) is 22.4 Å². The molecule has 0 atom stereocenters. The molecule has 0 aliphatic carbocycles. The van der Waals surface area contributed by atoms with Gasteiger partial charge < -0.3 is 5.32 Å². The molecule has 0 bridgehead atoms. The van der Waals surface area contributed by atoms with Crippen LogP contribution < -0.4 is 5.32 Å². The third kappa shape index (κ3) is 2.06. The first kappa shape index (κ1) is 10.3. The normalized spacial score (nSPS) is 10.0. The van der Waals surface area contributed by atoms with Crippen LogP contribution in [0.15, 0.2) is 43.2 Å². The molecule has 0 unspecified atom stereocenters. The van der Waals surface area contributed by atoms with Gasteiger partial charge in [0.15, 0.2) is 0 Å². The number of aromatic nitrogens is 2. The van der Waals surface area contributed by atoms with E-state index in [1.807, 2.05) is 6.07 Å². The maximum Gasteiger partial charge on any atom is 0.270 e. The van der Waals surface area contributed by atoms with E-state index >= 15 is 0 Å². The highest BCUT2D eigenvalue weighted by molar-refractivity contribution is 5.94. The van der Waals surface area contributed by atoms with Gasteiger partial charge in [0.05, 0.1) is 5.52 Å². The van der Waals surface area contributed by atoms with Gasteiger partial charge in [-0.15, -0.1) is 6.58 Å². The second-order valence-corrected chi connectivity index (χ2v) is 3.26. The molecule has 1 N–H and O–H groups in total. The van der Waals surface area contributed by atoms with Gasteiger partial charge in [-0.2, -0.15) is 0 Å². The molecule has 0 aromatic carbocycles. The Morgan fingerprint density at radius 2 is 2.31 bits per heavy atom. The van der Waals surface area contributed by atoms with Crippen molar-refractivity contribution < 1.29 is 4.79 Å². The summed E-state index contributed by atoms with van der Waals surface area (Å²) in [6.45, 7) is 3.97. The minimum atomic E-state index is -0.196. The monoisotopic (exact) mass is 213 g/mol. The zero-order valence-corrected chi connectivity index (χ0v) is 8.68. The average Bonchev–Trinajstić information content (AvgIpc) is 2.35. The summed E-state index contributed by atoms with van der Waals surface area (Å²) in [7, 11) is 0. The predicted octanol–water partition coefficient (Wildman–Crippen LogP) is 1.55. The fourth-order valence-electron chi connectivity index (χ4n) is 1.35. The summed E-state index contributed by atoms with van der Waals surface area (Å²) in [6.07, 6.45) is 5.00. The van der Waals surface area contributed by atoms with Gasteiger partial charge in [0.1, 0.15) is 5.69 Å². The van der Waals surface area contributed by atoms with Crippen LogP contribution in [-0.2, 0) is 0 Å². The summed E-state index contributed by atoms with van der Waals surface area (Å²) in [4.78, 5) is 19.8. The zero-order valence-electron chi connectivity index (χ0n) is 8.68. The number of rotatable bonds is 3. The molecule has 80 valence electrons. The van der Waals surface area contributed by atoms with Gasteiger partial charge in [-0.1, -0.05) is 6.08 Å². The maximum absolute atomic E-state index is 11.6. The van der Waals surface area contributed by atoms with Crippen molar-refractivity contribution in [2.24, 2.45) is 0 Å². The van der Waals surface area contributed by atoms with E-state index in [4.69, 9.17) is 0 Å². The molecule has 0 aliphatic heterocycles. The summed E-state index contributed by atoms with van der Waals surface area (Å²) in [5, 5.41) is 3.60. The molecule has 0 saturated heterocycles. The van der Waals surface area contributed by atoms with Crippen LogP contribution in [0.3, 0.4) is 0 Å². The highest BCUT2D eigenvalue weighted by Gasteiger charge is 2.06. The molecule has 0 radical (unpaired) electrons. The number of amides is 1. The number of hydrogen-bond donors (Lipinski definition) is 1. The van der Waals surface area contributed by atoms with Crippen molar-refractivity contribution in [2.45, 2.75) is 0 Å². The molecule has 4 nitrogen and oxygen atoms in total. The van der Waals surface area contributed by atoms with Gasteiger partial charge in [0, 0.05) is 24.3 Å². The third-order valence-corrected chi connectivity index (χ3v) is 2.13. The first-order valence-electron chi connectivity index (χ1n) is 4.91. The van der Waals surface area contributed by atoms with E-state index in [1.165, 1.54) is 0 Å². The molecule has 0 saturated carbocycles. The third-order valence-electron chi connectivity index (χ3n) is 2.13. The fraction of sp³-hybridized carbons (Fsp3) is 0.0833. The molecular weight excluding hydrogens is 202 g/mol. The van der Waals surface area contributed by atoms with E-state index in [2.05, 4.69) is 21.9 Å². The van der Waals surface area contributed by atoms with Gasteiger partial charge in [0.2, 0.25) is 0 Å². The van der Waals surface area contributed by atoms with Crippen molar-refractivity contribution in [3.63, 3.8) is 0 Å². The largest absolute Gasteiger partial charge is 0.347 e. The Kier molecular flexibility index (Phi) is 2.91.